The fourth-order valence-corrected chi connectivity index (χ4v) is 5.48. The lowest BCUT2D eigenvalue weighted by Gasteiger charge is -2.39. The van der Waals surface area contributed by atoms with Crippen LogP contribution in [0.4, 0.5) is 5.95 Å². The summed E-state index contributed by atoms with van der Waals surface area (Å²) in [4.78, 5) is 16.9. The lowest BCUT2D eigenvalue weighted by Crippen LogP contribution is -2.50. The van der Waals surface area contributed by atoms with Gasteiger partial charge in [-0.05, 0) is 43.9 Å². The van der Waals surface area contributed by atoms with Gasteiger partial charge in [0.2, 0.25) is 11.9 Å². The first-order valence-electron chi connectivity index (χ1n) is 10.8. The number of hydrogen-bond donors (Lipinski definition) is 0. The number of carbonyl (C=O) groups is 1. The van der Waals surface area contributed by atoms with Gasteiger partial charge in [-0.1, -0.05) is 48.7 Å². The molecule has 2 aliphatic rings. The molecule has 7 nitrogen and oxygen atoms in total. The normalized spacial score (nSPS) is 18.0. The van der Waals surface area contributed by atoms with Crippen molar-refractivity contribution in [3.05, 3.63) is 29.3 Å². The zero-order valence-electron chi connectivity index (χ0n) is 17.8. The van der Waals surface area contributed by atoms with Gasteiger partial charge in [0.05, 0.1) is 17.5 Å². The predicted molar refractivity (Wildman–Crippen MR) is 123 cm³/mol. The molecule has 2 aromatic rings. The van der Waals surface area contributed by atoms with Crippen LogP contribution in [0.3, 0.4) is 0 Å². The topological polar surface area (TPSA) is 78.1 Å². The monoisotopic (exact) mass is 458 g/mol. The van der Waals surface area contributed by atoms with E-state index in [1.165, 1.54) is 11.8 Å². The van der Waals surface area contributed by atoms with Gasteiger partial charge in [0.25, 0.3) is 0 Å². The molecule has 9 heteroatoms. The third-order valence-electron chi connectivity index (χ3n) is 6.30. The maximum absolute atomic E-state index is 13.0. The lowest BCUT2D eigenvalue weighted by atomic mass is 9.81. The van der Waals surface area contributed by atoms with Crippen molar-refractivity contribution in [2.75, 3.05) is 30.8 Å². The second kappa shape index (κ2) is 9.49. The smallest absolute Gasteiger partial charge is 0.234 e. The molecule has 0 N–H and O–H groups in total. The number of nitrogens with zero attached hydrogens (tertiary/aromatic N) is 6. The van der Waals surface area contributed by atoms with Crippen LogP contribution in [0.2, 0.25) is 5.02 Å². The molecule has 0 atom stereocenters. The molecule has 1 amide bonds. The zero-order valence-corrected chi connectivity index (χ0v) is 19.3. The van der Waals surface area contributed by atoms with Crippen LogP contribution in [0.5, 0.6) is 0 Å². The van der Waals surface area contributed by atoms with Gasteiger partial charge in [0, 0.05) is 25.2 Å². The summed E-state index contributed by atoms with van der Waals surface area (Å²) in [6.45, 7) is 1.88. The molecule has 2 fully saturated rings. The Balaban J connectivity index is 1.56. The largest absolute Gasteiger partial charge is 0.341 e. The second-order valence-electron chi connectivity index (χ2n) is 8.24. The van der Waals surface area contributed by atoms with Gasteiger partial charge in [-0.15, -0.1) is 10.2 Å². The molecular weight excluding hydrogens is 432 g/mol. The highest BCUT2D eigenvalue weighted by Gasteiger charge is 2.38. The molecule has 1 aromatic carbocycles. The van der Waals surface area contributed by atoms with Crippen LogP contribution < -0.4 is 4.90 Å². The molecule has 1 aliphatic heterocycles. The number of carbonyl (C=O) groups excluding carboxylic acids is 1. The number of aromatic nitrogens is 3. The van der Waals surface area contributed by atoms with E-state index >= 15 is 0 Å². The first-order chi connectivity index (χ1) is 15.0. The fraction of sp³-hybridized carbons (Fsp3) is 0.545. The molecule has 1 aromatic heterocycles. The summed E-state index contributed by atoms with van der Waals surface area (Å²) >= 11 is 7.60. The molecule has 1 aliphatic carbocycles. The van der Waals surface area contributed by atoms with Crippen LogP contribution in [0.15, 0.2) is 29.4 Å². The highest BCUT2D eigenvalue weighted by molar-refractivity contribution is 7.99. The van der Waals surface area contributed by atoms with Crippen LogP contribution in [0.25, 0.3) is 5.69 Å². The Labute approximate surface area is 192 Å². The van der Waals surface area contributed by atoms with Crippen molar-refractivity contribution in [2.24, 2.45) is 0 Å². The Morgan fingerprint density at radius 2 is 1.97 bits per heavy atom. The molecule has 0 bridgehead atoms. The van der Waals surface area contributed by atoms with E-state index in [-0.39, 0.29) is 11.7 Å². The van der Waals surface area contributed by atoms with E-state index in [9.17, 15) is 10.1 Å². The van der Waals surface area contributed by atoms with Crippen molar-refractivity contribution < 1.29 is 4.79 Å². The molecule has 0 spiro atoms. The van der Waals surface area contributed by atoms with Crippen LogP contribution in [0.1, 0.15) is 44.9 Å². The van der Waals surface area contributed by atoms with E-state index in [0.717, 1.165) is 69.7 Å². The summed E-state index contributed by atoms with van der Waals surface area (Å²) in [6, 6.07) is 10.0. The van der Waals surface area contributed by atoms with Crippen molar-refractivity contribution in [1.29, 1.82) is 5.26 Å². The Morgan fingerprint density at radius 3 is 2.65 bits per heavy atom. The van der Waals surface area contributed by atoms with Crippen LogP contribution in [-0.4, -0.2) is 57.0 Å². The third kappa shape index (κ3) is 4.53. The van der Waals surface area contributed by atoms with E-state index in [1.807, 2.05) is 28.8 Å². The van der Waals surface area contributed by atoms with E-state index in [4.69, 9.17) is 11.6 Å². The highest BCUT2D eigenvalue weighted by atomic mass is 35.5. The number of rotatable bonds is 6. The number of hydrogen-bond acceptors (Lipinski definition) is 6. The van der Waals surface area contributed by atoms with E-state index in [2.05, 4.69) is 21.2 Å². The number of benzene rings is 1. The van der Waals surface area contributed by atoms with Gasteiger partial charge >= 0.3 is 0 Å². The quantitative estimate of drug-likeness (QED) is 0.600. The van der Waals surface area contributed by atoms with Crippen LogP contribution >= 0.6 is 23.4 Å². The van der Waals surface area contributed by atoms with Gasteiger partial charge in [-0.2, -0.15) is 5.26 Å². The maximum Gasteiger partial charge on any atom is 0.234 e. The average molecular weight is 459 g/mol. The Morgan fingerprint density at radius 1 is 1.23 bits per heavy atom. The number of thioether (sulfide) groups is 1. The van der Waals surface area contributed by atoms with Crippen molar-refractivity contribution in [2.45, 2.75) is 55.6 Å². The first kappa shape index (κ1) is 22.0. The van der Waals surface area contributed by atoms with Gasteiger partial charge in [-0.25, -0.2) is 0 Å². The van der Waals surface area contributed by atoms with Gasteiger partial charge < -0.3 is 9.80 Å². The summed E-state index contributed by atoms with van der Waals surface area (Å²) in [6.07, 6.45) is 6.85. The molecule has 1 saturated heterocycles. The molecule has 164 valence electrons. The number of nitriles is 1. The van der Waals surface area contributed by atoms with Crippen LogP contribution in [0, 0.1) is 11.3 Å². The average Bonchev–Trinajstić information content (AvgIpc) is 3.47. The first-order valence-corrected chi connectivity index (χ1v) is 12.2. The van der Waals surface area contributed by atoms with Crippen molar-refractivity contribution >= 4 is 35.2 Å². The molecule has 0 radical (unpaired) electrons. The molecule has 31 heavy (non-hydrogen) atoms. The third-order valence-corrected chi connectivity index (χ3v) is 7.45. The summed E-state index contributed by atoms with van der Waals surface area (Å²) in [5.41, 5.74) is 0.195. The molecule has 1 saturated carbocycles. The van der Waals surface area contributed by atoms with E-state index < -0.39 is 5.54 Å². The summed E-state index contributed by atoms with van der Waals surface area (Å²) in [7, 11) is 1.76. The summed E-state index contributed by atoms with van der Waals surface area (Å²) < 4.78 is 1.98. The zero-order chi connectivity index (χ0) is 21.8. The predicted octanol–water partition coefficient (Wildman–Crippen LogP) is 4.30. The minimum atomic E-state index is -0.683. The highest BCUT2D eigenvalue weighted by Crippen LogP contribution is 2.34. The number of amides is 1. The molecular formula is C22H27ClN6OS. The standard InChI is InChI=1S/C22H27ClN6OS/c1-27(22(16-24)10-3-2-4-11-22)19(30)15-31-21-26-25-20(28-12-5-6-13-28)29(21)18-9-7-8-17(23)14-18/h7-9,14H,2-6,10-13,15H2,1H3. The molecule has 0 unspecified atom stereocenters. The van der Waals surface area contributed by atoms with Crippen LogP contribution in [-0.2, 0) is 4.79 Å². The summed E-state index contributed by atoms with van der Waals surface area (Å²) in [5, 5.41) is 19.9. The van der Waals surface area contributed by atoms with Crippen molar-refractivity contribution in [1.82, 2.24) is 19.7 Å². The second-order valence-corrected chi connectivity index (χ2v) is 9.62. The minimum absolute atomic E-state index is 0.0585. The SMILES string of the molecule is CN(C(=O)CSc1nnc(N2CCCC2)n1-c1cccc(Cl)c1)C1(C#N)CCCCC1. The van der Waals surface area contributed by atoms with E-state index in [1.54, 1.807) is 11.9 Å². The minimum Gasteiger partial charge on any atom is -0.341 e. The Hall–Kier alpha value is -2.24. The maximum atomic E-state index is 13.0. The lowest BCUT2D eigenvalue weighted by molar-refractivity contribution is -0.131. The van der Waals surface area contributed by atoms with E-state index in [0.29, 0.717) is 10.2 Å². The molecule has 4 rings (SSSR count). The fourth-order valence-electron chi connectivity index (χ4n) is 4.44. The van der Waals surface area contributed by atoms with Crippen molar-refractivity contribution in [3.63, 3.8) is 0 Å². The number of anilines is 1. The van der Waals surface area contributed by atoms with Crippen molar-refractivity contribution in [3.8, 4) is 11.8 Å². The molecule has 2 heterocycles. The number of halogens is 1. The van der Waals surface area contributed by atoms with Gasteiger partial charge in [-0.3, -0.25) is 9.36 Å². The Kier molecular flexibility index (Phi) is 6.73. The Bertz CT molecular complexity index is 975. The van der Waals surface area contributed by atoms with Gasteiger partial charge in [0.1, 0.15) is 5.54 Å². The van der Waals surface area contributed by atoms with Gasteiger partial charge in [0.15, 0.2) is 5.16 Å². The summed E-state index contributed by atoms with van der Waals surface area (Å²) in [5.74, 6) is 0.930.